The second kappa shape index (κ2) is 10.7. The maximum Gasteiger partial charge on any atom is 0.271 e. The number of hydrogen-bond donors (Lipinski definition) is 2. The van der Waals surface area contributed by atoms with Gasteiger partial charge in [-0.05, 0) is 44.0 Å². The van der Waals surface area contributed by atoms with Crippen molar-refractivity contribution in [3.63, 3.8) is 0 Å². The molecule has 35 heavy (non-hydrogen) atoms. The number of benzene rings is 1. The third kappa shape index (κ3) is 5.62. The van der Waals surface area contributed by atoms with Gasteiger partial charge in [-0.15, -0.1) is 17.5 Å². The standard InChI is InChI=1S/C25H34N8O.ClH/c1-16-11-17(21-20(12-28-15-29-21)32-10-6-7-19(14-32)27-5)8-9-18(16)13-33-23(25(2,3)4)22(24(26)34)30-31-33;/h8-9,11-12,15,19,27H,6-7,10,13-14H2,1-5H3,(H2,26,34);1H. The minimum absolute atomic E-state index is 0. The summed E-state index contributed by atoms with van der Waals surface area (Å²) in [6, 6.07) is 6.82. The highest BCUT2D eigenvalue weighted by molar-refractivity contribution is 5.92. The predicted molar refractivity (Wildman–Crippen MR) is 140 cm³/mol. The lowest BCUT2D eigenvalue weighted by Crippen LogP contribution is -2.44. The molecule has 1 saturated heterocycles. The fourth-order valence-electron chi connectivity index (χ4n) is 4.72. The van der Waals surface area contributed by atoms with Crippen LogP contribution in [-0.4, -0.2) is 57.0 Å². The predicted octanol–water partition coefficient (Wildman–Crippen LogP) is 3.10. The normalized spacial score (nSPS) is 16.1. The number of rotatable bonds is 6. The number of nitrogens with zero attached hydrogens (tertiary/aromatic N) is 6. The van der Waals surface area contributed by atoms with Crippen LogP contribution < -0.4 is 16.0 Å². The highest BCUT2D eigenvalue weighted by Gasteiger charge is 2.28. The van der Waals surface area contributed by atoms with Crippen molar-refractivity contribution in [3.8, 4) is 11.3 Å². The van der Waals surface area contributed by atoms with Crippen molar-refractivity contribution in [1.82, 2.24) is 30.3 Å². The summed E-state index contributed by atoms with van der Waals surface area (Å²) in [5.41, 5.74) is 11.5. The van der Waals surface area contributed by atoms with Crippen molar-refractivity contribution in [1.29, 1.82) is 0 Å². The second-order valence-corrected chi connectivity index (χ2v) is 10.0. The van der Waals surface area contributed by atoms with Gasteiger partial charge in [-0.1, -0.05) is 38.1 Å². The Morgan fingerprint density at radius 3 is 2.71 bits per heavy atom. The molecule has 2 aromatic heterocycles. The van der Waals surface area contributed by atoms with Gasteiger partial charge in [-0.25, -0.2) is 14.6 Å². The number of amides is 1. The van der Waals surface area contributed by atoms with Gasteiger partial charge in [-0.3, -0.25) is 4.79 Å². The van der Waals surface area contributed by atoms with Gasteiger partial charge in [0.1, 0.15) is 6.33 Å². The number of likely N-dealkylation sites (N-methyl/N-ethyl adjacent to an activating group) is 1. The van der Waals surface area contributed by atoms with E-state index in [1.165, 1.54) is 6.42 Å². The average molecular weight is 499 g/mol. The van der Waals surface area contributed by atoms with Crippen LogP contribution in [-0.2, 0) is 12.0 Å². The van der Waals surface area contributed by atoms with Crippen LogP contribution in [0.1, 0.15) is 60.9 Å². The molecule has 10 heteroatoms. The van der Waals surface area contributed by atoms with Gasteiger partial charge < -0.3 is 16.0 Å². The number of aryl methyl sites for hydroxylation is 1. The molecule has 188 valence electrons. The smallest absolute Gasteiger partial charge is 0.271 e. The molecule has 3 aromatic rings. The molecular formula is C25H35ClN8O. The van der Waals surface area contributed by atoms with Crippen LogP contribution in [0.25, 0.3) is 11.3 Å². The molecule has 1 unspecified atom stereocenters. The molecule has 3 heterocycles. The molecule has 9 nitrogen and oxygen atoms in total. The van der Waals surface area contributed by atoms with Gasteiger partial charge in [0.05, 0.1) is 29.8 Å². The van der Waals surface area contributed by atoms with Crippen LogP contribution in [0.3, 0.4) is 0 Å². The maximum absolute atomic E-state index is 11.9. The van der Waals surface area contributed by atoms with Crippen LogP contribution >= 0.6 is 12.4 Å². The van der Waals surface area contributed by atoms with E-state index in [2.05, 4.69) is 55.6 Å². The van der Waals surface area contributed by atoms with E-state index in [1.807, 2.05) is 34.0 Å². The van der Waals surface area contributed by atoms with Crippen LogP contribution in [0.4, 0.5) is 5.69 Å². The summed E-state index contributed by atoms with van der Waals surface area (Å²) in [5.74, 6) is -0.558. The third-order valence-corrected chi connectivity index (χ3v) is 6.48. The molecule has 0 aliphatic carbocycles. The number of carbonyl (C=O) groups excluding carboxylic acids is 1. The molecule has 0 saturated carbocycles. The van der Waals surface area contributed by atoms with E-state index in [1.54, 1.807) is 11.0 Å². The van der Waals surface area contributed by atoms with Crippen molar-refractivity contribution < 1.29 is 4.79 Å². The summed E-state index contributed by atoms with van der Waals surface area (Å²) >= 11 is 0. The van der Waals surface area contributed by atoms with Gasteiger partial charge in [0, 0.05) is 30.1 Å². The quantitative estimate of drug-likeness (QED) is 0.536. The maximum atomic E-state index is 11.9. The largest absolute Gasteiger partial charge is 0.367 e. The minimum Gasteiger partial charge on any atom is -0.367 e. The summed E-state index contributed by atoms with van der Waals surface area (Å²) in [4.78, 5) is 23.2. The Balaban J connectivity index is 0.00000342. The molecule has 1 amide bonds. The van der Waals surface area contributed by atoms with Gasteiger partial charge in [0.15, 0.2) is 5.69 Å². The summed E-state index contributed by atoms with van der Waals surface area (Å²) < 4.78 is 1.78. The molecule has 3 N–H and O–H groups in total. The number of halogens is 1. The Kier molecular flexibility index (Phi) is 8.12. The molecule has 0 bridgehead atoms. The number of carbonyl (C=O) groups is 1. The number of hydrogen-bond acceptors (Lipinski definition) is 7. The lowest BCUT2D eigenvalue weighted by Gasteiger charge is -2.34. The SMILES string of the molecule is CNC1CCCN(c2cncnc2-c2ccc(Cn3nnc(C(N)=O)c3C(C)(C)C)c(C)c2)C1.Cl. The molecule has 4 rings (SSSR count). The van der Waals surface area contributed by atoms with E-state index >= 15 is 0 Å². The average Bonchev–Trinajstić information content (AvgIpc) is 3.25. The summed E-state index contributed by atoms with van der Waals surface area (Å²) in [6.45, 7) is 10.6. The monoisotopic (exact) mass is 498 g/mol. The second-order valence-electron chi connectivity index (χ2n) is 10.0. The van der Waals surface area contributed by atoms with E-state index in [0.717, 1.165) is 53.3 Å². The zero-order valence-electron chi connectivity index (χ0n) is 21.1. The van der Waals surface area contributed by atoms with Crippen molar-refractivity contribution in [2.24, 2.45) is 5.73 Å². The fraction of sp³-hybridized carbons (Fsp3) is 0.480. The van der Waals surface area contributed by atoms with Gasteiger partial charge in [0.2, 0.25) is 0 Å². The molecule has 1 fully saturated rings. The molecular weight excluding hydrogens is 464 g/mol. The first-order valence-corrected chi connectivity index (χ1v) is 11.7. The lowest BCUT2D eigenvalue weighted by atomic mass is 9.90. The number of piperidine rings is 1. The van der Waals surface area contributed by atoms with Crippen LogP contribution in [0, 0.1) is 6.92 Å². The topological polar surface area (TPSA) is 115 Å². The zero-order valence-corrected chi connectivity index (χ0v) is 21.9. The molecule has 1 aliphatic rings. The Labute approximate surface area is 212 Å². The Morgan fingerprint density at radius 1 is 1.29 bits per heavy atom. The number of nitrogens with one attached hydrogen (secondary N) is 1. The van der Waals surface area contributed by atoms with Gasteiger partial charge in [0.25, 0.3) is 5.91 Å². The van der Waals surface area contributed by atoms with Crippen molar-refractivity contribution in [2.45, 2.75) is 58.5 Å². The molecule has 0 radical (unpaired) electrons. The number of primary amides is 1. The molecule has 1 atom stereocenters. The molecule has 1 aliphatic heterocycles. The van der Waals surface area contributed by atoms with E-state index in [9.17, 15) is 4.79 Å². The summed E-state index contributed by atoms with van der Waals surface area (Å²) in [6.07, 6.45) is 5.84. The first kappa shape index (κ1) is 26.6. The zero-order chi connectivity index (χ0) is 24.5. The van der Waals surface area contributed by atoms with E-state index in [-0.39, 0.29) is 23.5 Å². The fourth-order valence-corrected chi connectivity index (χ4v) is 4.72. The Morgan fingerprint density at radius 2 is 2.06 bits per heavy atom. The first-order valence-electron chi connectivity index (χ1n) is 11.7. The van der Waals surface area contributed by atoms with Gasteiger partial charge in [-0.2, -0.15) is 0 Å². The van der Waals surface area contributed by atoms with E-state index < -0.39 is 5.91 Å². The number of nitrogens with two attached hydrogens (primary N) is 1. The Hall–Kier alpha value is -3.04. The first-order chi connectivity index (χ1) is 16.2. The summed E-state index contributed by atoms with van der Waals surface area (Å²) in [7, 11) is 2.02. The lowest BCUT2D eigenvalue weighted by molar-refractivity contribution is 0.0993. The van der Waals surface area contributed by atoms with E-state index in [0.29, 0.717) is 12.6 Å². The minimum atomic E-state index is -0.558. The van der Waals surface area contributed by atoms with Crippen molar-refractivity contribution >= 4 is 24.0 Å². The summed E-state index contributed by atoms with van der Waals surface area (Å²) in [5, 5.41) is 11.7. The molecule has 0 spiro atoms. The number of aromatic nitrogens is 5. The number of anilines is 1. The van der Waals surface area contributed by atoms with Crippen molar-refractivity contribution in [2.75, 3.05) is 25.0 Å². The van der Waals surface area contributed by atoms with Crippen LogP contribution in [0.15, 0.2) is 30.7 Å². The van der Waals surface area contributed by atoms with E-state index in [4.69, 9.17) is 5.73 Å². The molecule has 1 aromatic carbocycles. The third-order valence-electron chi connectivity index (χ3n) is 6.48. The van der Waals surface area contributed by atoms with Gasteiger partial charge >= 0.3 is 0 Å². The Bertz CT molecular complexity index is 1190. The van der Waals surface area contributed by atoms with Crippen LogP contribution in [0.2, 0.25) is 0 Å². The van der Waals surface area contributed by atoms with Crippen molar-refractivity contribution in [3.05, 3.63) is 53.2 Å². The van der Waals surface area contributed by atoms with Crippen LogP contribution in [0.5, 0.6) is 0 Å². The highest BCUT2D eigenvalue weighted by atomic mass is 35.5. The highest BCUT2D eigenvalue weighted by Crippen LogP contribution is 2.32.